The van der Waals surface area contributed by atoms with Gasteiger partial charge in [0.1, 0.15) is 11.2 Å². The highest BCUT2D eigenvalue weighted by Gasteiger charge is 2.20. The van der Waals surface area contributed by atoms with Crippen LogP contribution in [0.4, 0.5) is 28.4 Å². The first-order valence-electron chi connectivity index (χ1n) is 18.4. The number of aryl methyl sites for hydroxylation is 1. The number of furan rings is 1. The van der Waals surface area contributed by atoms with Crippen molar-refractivity contribution in [1.82, 2.24) is 0 Å². The summed E-state index contributed by atoms with van der Waals surface area (Å²) in [7, 11) is 0. The molecule has 0 radical (unpaired) electrons. The number of hydrogen-bond acceptors (Lipinski definition) is 3. The molecule has 1 unspecified atom stereocenters. The van der Waals surface area contributed by atoms with Crippen LogP contribution in [0.15, 0.2) is 186 Å². The molecule has 256 valence electrons. The molecule has 0 saturated carbocycles. The Balaban J connectivity index is 1.06. The van der Waals surface area contributed by atoms with Gasteiger partial charge in [-0.15, -0.1) is 0 Å². The van der Waals surface area contributed by atoms with Crippen LogP contribution < -0.4 is 9.80 Å². The van der Waals surface area contributed by atoms with Crippen molar-refractivity contribution in [2.24, 2.45) is 0 Å². The summed E-state index contributed by atoms with van der Waals surface area (Å²) in [4.78, 5) is 4.80. The first-order chi connectivity index (χ1) is 26.1. The van der Waals surface area contributed by atoms with E-state index in [9.17, 15) is 0 Å². The van der Waals surface area contributed by atoms with Crippen LogP contribution in [0, 0.1) is 6.92 Å². The second-order valence-corrected chi connectivity index (χ2v) is 13.9. The third-order valence-corrected chi connectivity index (χ3v) is 10.4. The number of anilines is 5. The normalized spacial score (nSPS) is 15.9. The summed E-state index contributed by atoms with van der Waals surface area (Å²) in [6.45, 7) is 4.46. The van der Waals surface area contributed by atoms with Crippen molar-refractivity contribution in [1.29, 1.82) is 0 Å². The van der Waals surface area contributed by atoms with Gasteiger partial charge in [0.05, 0.1) is 0 Å². The largest absolute Gasteiger partial charge is 0.455 e. The van der Waals surface area contributed by atoms with Crippen LogP contribution in [0.25, 0.3) is 44.7 Å². The van der Waals surface area contributed by atoms with Crippen molar-refractivity contribution in [2.75, 3.05) is 9.80 Å². The molecule has 3 nitrogen and oxygen atoms in total. The molecule has 1 aliphatic heterocycles. The SMILES string of the molecule is Cc1cccc(N(c2ccc(C3=C/CC(C)N(c4ccccc4)c4ccccc4\C=C\3)cc2)c2ccc(-c3cccc4c3oc3ccccc34)cc2)c1. The van der Waals surface area contributed by atoms with Gasteiger partial charge in [-0.25, -0.2) is 0 Å². The number of allylic oxidation sites excluding steroid dienone is 2. The van der Waals surface area contributed by atoms with Gasteiger partial charge in [0.2, 0.25) is 0 Å². The summed E-state index contributed by atoms with van der Waals surface area (Å²) in [6.07, 6.45) is 7.83. The summed E-state index contributed by atoms with van der Waals surface area (Å²) < 4.78 is 6.38. The van der Waals surface area contributed by atoms with Gasteiger partial charge < -0.3 is 14.2 Å². The number of benzene rings is 7. The molecule has 1 aromatic heterocycles. The molecule has 53 heavy (non-hydrogen) atoms. The zero-order chi connectivity index (χ0) is 35.7. The van der Waals surface area contributed by atoms with E-state index >= 15 is 0 Å². The van der Waals surface area contributed by atoms with Crippen molar-refractivity contribution in [2.45, 2.75) is 26.3 Å². The quantitative estimate of drug-likeness (QED) is 0.174. The highest BCUT2D eigenvalue weighted by molar-refractivity contribution is 6.09. The first-order valence-corrected chi connectivity index (χ1v) is 18.4. The fraction of sp³-hybridized carbons (Fsp3) is 0.0800. The zero-order valence-corrected chi connectivity index (χ0v) is 30.0. The molecule has 0 bridgehead atoms. The minimum atomic E-state index is 0.270. The van der Waals surface area contributed by atoms with E-state index < -0.39 is 0 Å². The lowest BCUT2D eigenvalue weighted by Crippen LogP contribution is -2.28. The molecule has 1 aliphatic rings. The molecule has 7 aromatic carbocycles. The monoisotopic (exact) mass is 684 g/mol. The highest BCUT2D eigenvalue weighted by atomic mass is 16.3. The number of para-hydroxylation sites is 4. The summed E-state index contributed by atoms with van der Waals surface area (Å²) in [5, 5.41) is 2.28. The molecule has 0 N–H and O–H groups in total. The average Bonchev–Trinajstić information content (AvgIpc) is 3.61. The maximum absolute atomic E-state index is 6.38. The molecule has 9 rings (SSSR count). The summed E-state index contributed by atoms with van der Waals surface area (Å²) >= 11 is 0. The molecular formula is C50H40N2O. The first kappa shape index (κ1) is 32.3. The van der Waals surface area contributed by atoms with Crippen molar-refractivity contribution < 1.29 is 4.42 Å². The maximum Gasteiger partial charge on any atom is 0.143 e. The van der Waals surface area contributed by atoms with E-state index in [0.717, 1.165) is 56.5 Å². The Morgan fingerprint density at radius 2 is 1.26 bits per heavy atom. The van der Waals surface area contributed by atoms with Crippen molar-refractivity contribution in [3.8, 4) is 11.1 Å². The van der Waals surface area contributed by atoms with Crippen LogP contribution >= 0.6 is 0 Å². The Morgan fingerprint density at radius 3 is 2.06 bits per heavy atom. The molecular weight excluding hydrogens is 645 g/mol. The van der Waals surface area contributed by atoms with Crippen molar-refractivity contribution >= 4 is 62.0 Å². The van der Waals surface area contributed by atoms with Gasteiger partial charge in [-0.1, -0.05) is 127 Å². The average molecular weight is 685 g/mol. The van der Waals surface area contributed by atoms with Gasteiger partial charge in [-0.3, -0.25) is 0 Å². The molecule has 0 amide bonds. The standard InChI is InChI=1S/C50H40N2O/c1-35-12-10-16-44(34-35)52(43-32-28-39(29-33-43)45-18-11-19-47-46-17-7-9-21-49(46)53-50(45)47)42-30-26-38(27-31-42)37-23-22-36(2)51(41-14-4-3-5-15-41)48-20-8-6-13-40(48)25-24-37/h3-21,23-34,36H,22H2,1-2H3/b25-24+,37-23+. The summed E-state index contributed by atoms with van der Waals surface area (Å²) in [5.41, 5.74) is 14.6. The number of fused-ring (bicyclic) bond motifs is 4. The molecule has 0 spiro atoms. The summed E-state index contributed by atoms with van der Waals surface area (Å²) in [6, 6.07) is 60.9. The van der Waals surface area contributed by atoms with Gasteiger partial charge >= 0.3 is 0 Å². The second kappa shape index (κ2) is 13.9. The minimum Gasteiger partial charge on any atom is -0.455 e. The third-order valence-electron chi connectivity index (χ3n) is 10.4. The molecule has 0 saturated heterocycles. The predicted molar refractivity (Wildman–Crippen MR) is 225 cm³/mol. The van der Waals surface area contributed by atoms with Gasteiger partial charge in [-0.2, -0.15) is 0 Å². The van der Waals surface area contributed by atoms with Crippen LogP contribution in [0.1, 0.15) is 30.0 Å². The number of hydrogen-bond donors (Lipinski definition) is 0. The highest BCUT2D eigenvalue weighted by Crippen LogP contribution is 2.40. The summed E-state index contributed by atoms with van der Waals surface area (Å²) in [5.74, 6) is 0. The number of rotatable bonds is 6. The number of nitrogens with zero attached hydrogens (tertiary/aromatic N) is 2. The van der Waals surface area contributed by atoms with E-state index in [1.165, 1.54) is 33.6 Å². The maximum atomic E-state index is 6.38. The molecule has 8 aromatic rings. The lowest BCUT2D eigenvalue weighted by molar-refractivity contribution is 0.670. The van der Waals surface area contributed by atoms with Crippen LogP contribution in [0.2, 0.25) is 0 Å². The Hall–Kier alpha value is -6.58. The van der Waals surface area contributed by atoms with Crippen molar-refractivity contribution in [3.63, 3.8) is 0 Å². The van der Waals surface area contributed by atoms with E-state index in [1.807, 2.05) is 12.1 Å². The van der Waals surface area contributed by atoms with Crippen LogP contribution in [0.5, 0.6) is 0 Å². The van der Waals surface area contributed by atoms with E-state index in [-0.39, 0.29) is 6.04 Å². The van der Waals surface area contributed by atoms with Crippen LogP contribution in [-0.4, -0.2) is 6.04 Å². The molecule has 3 heteroatoms. The second-order valence-electron chi connectivity index (χ2n) is 13.9. The van der Waals surface area contributed by atoms with Crippen molar-refractivity contribution in [3.05, 3.63) is 199 Å². The minimum absolute atomic E-state index is 0.270. The zero-order valence-electron chi connectivity index (χ0n) is 30.0. The fourth-order valence-electron chi connectivity index (χ4n) is 7.71. The van der Waals surface area contributed by atoms with Crippen LogP contribution in [-0.2, 0) is 0 Å². The smallest absolute Gasteiger partial charge is 0.143 e. The van der Waals surface area contributed by atoms with E-state index in [4.69, 9.17) is 4.42 Å². The van der Waals surface area contributed by atoms with E-state index in [0.29, 0.717) is 0 Å². The Morgan fingerprint density at radius 1 is 0.585 bits per heavy atom. The molecule has 1 atom stereocenters. The van der Waals surface area contributed by atoms with E-state index in [2.05, 4.69) is 200 Å². The van der Waals surface area contributed by atoms with Gasteiger partial charge in [0, 0.05) is 50.8 Å². The Bertz CT molecular complexity index is 2610. The molecule has 2 heterocycles. The lowest BCUT2D eigenvalue weighted by atomic mass is 10.0. The Labute approximate surface area is 311 Å². The fourth-order valence-corrected chi connectivity index (χ4v) is 7.71. The topological polar surface area (TPSA) is 19.6 Å². The predicted octanol–water partition coefficient (Wildman–Crippen LogP) is 14.1. The van der Waals surface area contributed by atoms with Crippen LogP contribution in [0.3, 0.4) is 0 Å². The van der Waals surface area contributed by atoms with Gasteiger partial charge in [-0.05, 0) is 109 Å². The van der Waals surface area contributed by atoms with Gasteiger partial charge in [0.25, 0.3) is 0 Å². The molecule has 0 aliphatic carbocycles. The van der Waals surface area contributed by atoms with E-state index in [1.54, 1.807) is 0 Å². The molecule has 0 fully saturated rings. The Kier molecular flexibility index (Phi) is 8.45. The van der Waals surface area contributed by atoms with Gasteiger partial charge in [0.15, 0.2) is 0 Å². The third kappa shape index (κ3) is 6.21. The lowest BCUT2D eigenvalue weighted by Gasteiger charge is -2.32.